The highest BCUT2D eigenvalue weighted by Gasteiger charge is 2.29. The number of pyridine rings is 1. The zero-order valence-electron chi connectivity index (χ0n) is 16.1. The molecular weight excluding hydrogens is 366 g/mol. The van der Waals surface area contributed by atoms with Gasteiger partial charge < -0.3 is 15.4 Å². The fourth-order valence-electron chi connectivity index (χ4n) is 3.74. The molecule has 4 heterocycles. The molecule has 0 radical (unpaired) electrons. The molecule has 29 heavy (non-hydrogen) atoms. The maximum Gasteiger partial charge on any atom is 0.157 e. The summed E-state index contributed by atoms with van der Waals surface area (Å²) in [6, 6.07) is 12.5. The lowest BCUT2D eigenvalue weighted by atomic mass is 10.1. The Hall–Kier alpha value is -3.23. The van der Waals surface area contributed by atoms with Crippen molar-refractivity contribution >= 4 is 16.9 Å². The van der Waals surface area contributed by atoms with Gasteiger partial charge >= 0.3 is 0 Å². The van der Waals surface area contributed by atoms with E-state index in [-0.39, 0.29) is 12.1 Å². The first-order chi connectivity index (χ1) is 14.3. The van der Waals surface area contributed by atoms with Crippen molar-refractivity contribution in [1.82, 2.24) is 30.7 Å². The van der Waals surface area contributed by atoms with Gasteiger partial charge in [0.25, 0.3) is 0 Å². The topological polar surface area (TPSA) is 104 Å². The van der Waals surface area contributed by atoms with Gasteiger partial charge in [0.15, 0.2) is 11.5 Å². The molecule has 0 spiro atoms. The summed E-state index contributed by atoms with van der Waals surface area (Å²) >= 11 is 0. The summed E-state index contributed by atoms with van der Waals surface area (Å²) in [5.41, 5.74) is 4.92. The summed E-state index contributed by atoms with van der Waals surface area (Å²) in [6.07, 6.45) is 3.79. The Morgan fingerprint density at radius 1 is 1.17 bits per heavy atom. The summed E-state index contributed by atoms with van der Waals surface area (Å²) < 4.78 is 6.17. The van der Waals surface area contributed by atoms with E-state index in [0.29, 0.717) is 6.61 Å². The zero-order valence-corrected chi connectivity index (χ0v) is 16.1. The van der Waals surface area contributed by atoms with Gasteiger partial charge in [0, 0.05) is 36.6 Å². The number of H-pyrrole nitrogens is 2. The average molecular weight is 389 g/mol. The van der Waals surface area contributed by atoms with Crippen LogP contribution in [0.5, 0.6) is 0 Å². The Labute approximate surface area is 168 Å². The maximum absolute atomic E-state index is 6.17. The zero-order chi connectivity index (χ0) is 19.6. The maximum atomic E-state index is 6.17. The van der Waals surface area contributed by atoms with Crippen molar-refractivity contribution in [3.05, 3.63) is 60.0 Å². The number of aromatic nitrogens is 5. The van der Waals surface area contributed by atoms with Crippen LogP contribution < -0.4 is 10.6 Å². The Bertz CT molecular complexity index is 1100. The van der Waals surface area contributed by atoms with Gasteiger partial charge in [-0.15, -0.1) is 0 Å². The fourth-order valence-corrected chi connectivity index (χ4v) is 3.74. The highest BCUT2D eigenvalue weighted by Crippen LogP contribution is 2.28. The molecule has 4 aromatic rings. The minimum atomic E-state index is 0.0641. The van der Waals surface area contributed by atoms with Crippen LogP contribution in [0.1, 0.15) is 11.3 Å². The minimum absolute atomic E-state index is 0.0641. The number of fused-ring (bicyclic) bond motifs is 1. The third kappa shape index (κ3) is 3.59. The molecule has 0 amide bonds. The SMILES string of the molecule is Cc1n[nH]cc1-c1cnc2[nH]nc(N[C@H]3CNC[C@@H]3OCc3ccccc3)c2c1. The lowest BCUT2D eigenvalue weighted by Gasteiger charge is -2.20. The molecule has 0 bridgehead atoms. The predicted molar refractivity (Wildman–Crippen MR) is 112 cm³/mol. The average Bonchev–Trinajstić information content (AvgIpc) is 3.48. The van der Waals surface area contributed by atoms with E-state index in [1.807, 2.05) is 37.5 Å². The Morgan fingerprint density at radius 3 is 2.90 bits per heavy atom. The second-order valence-corrected chi connectivity index (χ2v) is 7.32. The van der Waals surface area contributed by atoms with E-state index in [1.54, 1.807) is 0 Å². The van der Waals surface area contributed by atoms with Crippen molar-refractivity contribution in [2.24, 2.45) is 0 Å². The largest absolute Gasteiger partial charge is 0.370 e. The van der Waals surface area contributed by atoms with Crippen molar-refractivity contribution in [3.8, 4) is 11.1 Å². The summed E-state index contributed by atoms with van der Waals surface area (Å²) in [6.45, 7) is 4.20. The Morgan fingerprint density at radius 2 is 2.07 bits per heavy atom. The first kappa shape index (κ1) is 17.8. The van der Waals surface area contributed by atoms with Gasteiger partial charge in [-0.25, -0.2) is 4.98 Å². The van der Waals surface area contributed by atoms with Gasteiger partial charge in [0.05, 0.1) is 29.8 Å². The van der Waals surface area contributed by atoms with Crippen LogP contribution in [0.25, 0.3) is 22.2 Å². The number of ether oxygens (including phenoxy) is 1. The van der Waals surface area contributed by atoms with Crippen LogP contribution in [-0.4, -0.2) is 50.6 Å². The molecule has 1 saturated heterocycles. The summed E-state index contributed by atoms with van der Waals surface area (Å²) in [5, 5.41) is 22.5. The van der Waals surface area contributed by atoms with Gasteiger partial charge in [-0.3, -0.25) is 10.2 Å². The molecular formula is C21H23N7O. The molecule has 1 aliphatic heterocycles. The molecule has 8 nitrogen and oxygen atoms in total. The number of hydrogen-bond acceptors (Lipinski definition) is 6. The highest BCUT2D eigenvalue weighted by molar-refractivity contribution is 5.90. The second kappa shape index (κ2) is 7.65. The van der Waals surface area contributed by atoms with Crippen LogP contribution in [0.3, 0.4) is 0 Å². The fraction of sp³-hybridized carbons (Fsp3) is 0.286. The molecule has 0 saturated carbocycles. The smallest absolute Gasteiger partial charge is 0.157 e. The molecule has 5 rings (SSSR count). The molecule has 0 aliphatic carbocycles. The van der Waals surface area contributed by atoms with Crippen molar-refractivity contribution in [2.75, 3.05) is 18.4 Å². The van der Waals surface area contributed by atoms with E-state index < -0.39 is 0 Å². The number of rotatable bonds is 6. The van der Waals surface area contributed by atoms with Crippen molar-refractivity contribution in [2.45, 2.75) is 25.7 Å². The molecule has 1 aromatic carbocycles. The number of anilines is 1. The minimum Gasteiger partial charge on any atom is -0.370 e. The van der Waals surface area contributed by atoms with Crippen LogP contribution in [0.15, 0.2) is 48.8 Å². The molecule has 4 N–H and O–H groups in total. The van der Waals surface area contributed by atoms with Crippen LogP contribution >= 0.6 is 0 Å². The first-order valence-corrected chi connectivity index (χ1v) is 9.75. The van der Waals surface area contributed by atoms with Crippen LogP contribution in [0, 0.1) is 6.92 Å². The van der Waals surface area contributed by atoms with Gasteiger partial charge in [-0.2, -0.15) is 10.2 Å². The molecule has 1 aliphatic rings. The Kier molecular flexibility index (Phi) is 4.71. The summed E-state index contributed by atoms with van der Waals surface area (Å²) in [4.78, 5) is 4.52. The third-order valence-corrected chi connectivity index (χ3v) is 5.35. The predicted octanol–water partition coefficient (Wildman–Crippen LogP) is 2.63. The van der Waals surface area contributed by atoms with Gasteiger partial charge in [0.1, 0.15) is 0 Å². The number of hydrogen-bond donors (Lipinski definition) is 4. The van der Waals surface area contributed by atoms with Crippen molar-refractivity contribution < 1.29 is 4.74 Å². The number of nitrogens with one attached hydrogen (secondary N) is 4. The van der Waals surface area contributed by atoms with Gasteiger partial charge in [0.2, 0.25) is 0 Å². The number of aromatic amines is 2. The molecule has 3 aromatic heterocycles. The van der Waals surface area contributed by atoms with E-state index in [4.69, 9.17) is 4.74 Å². The monoisotopic (exact) mass is 389 g/mol. The van der Waals surface area contributed by atoms with Crippen molar-refractivity contribution in [3.63, 3.8) is 0 Å². The quantitative estimate of drug-likeness (QED) is 0.404. The summed E-state index contributed by atoms with van der Waals surface area (Å²) in [7, 11) is 0. The van der Waals surface area contributed by atoms with Gasteiger partial charge in [-0.05, 0) is 18.6 Å². The van der Waals surface area contributed by atoms with Crippen LogP contribution in [-0.2, 0) is 11.3 Å². The first-order valence-electron chi connectivity index (χ1n) is 9.75. The normalized spacial score (nSPS) is 19.1. The second-order valence-electron chi connectivity index (χ2n) is 7.32. The molecule has 8 heteroatoms. The lowest BCUT2D eigenvalue weighted by molar-refractivity contribution is 0.0482. The molecule has 2 atom stereocenters. The number of benzene rings is 1. The van der Waals surface area contributed by atoms with E-state index in [0.717, 1.165) is 46.8 Å². The van der Waals surface area contributed by atoms with Gasteiger partial charge in [-0.1, -0.05) is 30.3 Å². The number of aryl methyl sites for hydroxylation is 1. The summed E-state index contributed by atoms with van der Waals surface area (Å²) in [5.74, 6) is 0.789. The molecule has 1 fully saturated rings. The molecule has 148 valence electrons. The van der Waals surface area contributed by atoms with E-state index in [2.05, 4.69) is 54.2 Å². The van der Waals surface area contributed by atoms with E-state index in [1.165, 1.54) is 5.56 Å². The highest BCUT2D eigenvalue weighted by atomic mass is 16.5. The van der Waals surface area contributed by atoms with E-state index >= 15 is 0 Å². The lowest BCUT2D eigenvalue weighted by Crippen LogP contribution is -2.34. The van der Waals surface area contributed by atoms with E-state index in [9.17, 15) is 0 Å². The Balaban J connectivity index is 1.34. The van der Waals surface area contributed by atoms with Crippen molar-refractivity contribution in [1.29, 1.82) is 0 Å². The van der Waals surface area contributed by atoms with Crippen LogP contribution in [0.4, 0.5) is 5.82 Å². The number of nitrogens with zero attached hydrogens (tertiary/aromatic N) is 3. The third-order valence-electron chi connectivity index (χ3n) is 5.35. The van der Waals surface area contributed by atoms with Crippen LogP contribution in [0.2, 0.25) is 0 Å². The molecule has 0 unspecified atom stereocenters. The standard InChI is InChI=1S/C21H23N7O/c1-13-17(9-24-26-13)15-7-16-20(23-8-15)27-28-21(16)25-18-10-22-11-19(18)29-12-14-5-3-2-4-6-14/h2-9,18-19,22H,10-12H2,1H3,(H,24,26)(H2,23,25,27,28)/t18-,19-/m0/s1.